The van der Waals surface area contributed by atoms with Gasteiger partial charge in [-0.15, -0.1) is 0 Å². The van der Waals surface area contributed by atoms with Gasteiger partial charge in [-0.2, -0.15) is 13.2 Å². The number of nitrogens with zero attached hydrogens (tertiary/aromatic N) is 1. The van der Waals surface area contributed by atoms with Crippen LogP contribution in [0.1, 0.15) is 25.0 Å². The largest absolute Gasteiger partial charge is 0.512 e. The maximum atomic E-state index is 14.5. The van der Waals surface area contributed by atoms with Crippen LogP contribution in [0.15, 0.2) is 78.4 Å². The molecule has 32 heavy (non-hydrogen) atoms. The highest BCUT2D eigenvalue weighted by Gasteiger charge is 2.32. The minimum Gasteiger partial charge on any atom is -0.512 e. The van der Waals surface area contributed by atoms with Crippen LogP contribution in [0, 0.1) is 11.6 Å². The molecule has 0 unspecified atom stereocenters. The number of hydrogen-bond donors (Lipinski definition) is 1. The van der Waals surface area contributed by atoms with Crippen LogP contribution < -0.4 is 0 Å². The lowest BCUT2D eigenvalue weighted by molar-refractivity contribution is -0.137. The first-order chi connectivity index (χ1) is 14.9. The molecule has 0 saturated carbocycles. The van der Waals surface area contributed by atoms with E-state index in [9.17, 15) is 31.9 Å². The van der Waals surface area contributed by atoms with E-state index in [0.29, 0.717) is 29.5 Å². The second-order valence-corrected chi connectivity index (χ2v) is 7.16. The normalized spacial score (nSPS) is 14.9. The number of benzene rings is 2. The number of amides is 1. The Bertz CT molecular complexity index is 1200. The molecule has 0 fully saturated rings. The van der Waals surface area contributed by atoms with Crippen molar-refractivity contribution in [1.82, 2.24) is 4.90 Å². The Hall–Kier alpha value is -3.68. The molecule has 1 heterocycles. The molecule has 0 bridgehead atoms. The average Bonchev–Trinajstić information content (AvgIpc) is 2.70. The Kier molecular flexibility index (Phi) is 6.07. The minimum atomic E-state index is -4.76. The molecule has 0 spiro atoms. The average molecular weight is 447 g/mol. The topological polar surface area (TPSA) is 40.5 Å². The van der Waals surface area contributed by atoms with Gasteiger partial charge in [0, 0.05) is 23.0 Å². The van der Waals surface area contributed by atoms with Crippen molar-refractivity contribution in [1.29, 1.82) is 0 Å². The number of alkyl halides is 3. The summed E-state index contributed by atoms with van der Waals surface area (Å²) in [6.45, 7) is 6.79. The maximum Gasteiger partial charge on any atom is 0.416 e. The third kappa shape index (κ3) is 4.34. The summed E-state index contributed by atoms with van der Waals surface area (Å²) in [6.07, 6.45) is -0.00282. The summed E-state index contributed by atoms with van der Waals surface area (Å²) >= 11 is 0. The molecule has 1 aliphatic heterocycles. The first-order valence-corrected chi connectivity index (χ1v) is 9.36. The summed E-state index contributed by atoms with van der Waals surface area (Å²) in [5, 5.41) is 10.2. The zero-order chi connectivity index (χ0) is 23.8. The molecule has 1 aliphatic rings. The van der Waals surface area contributed by atoms with Crippen LogP contribution in [0.3, 0.4) is 0 Å². The standard InChI is InChI=1S/C24H18F5NO2/c1-13-5-4-10-30(14(13)2)23(32)22(15(3)31)16-6-8-20(25)18(11-16)19-12-17(24(27,28)29)7-9-21(19)26/h4-12,31H,2H2,1,3H3/b22-15+. The van der Waals surface area contributed by atoms with Gasteiger partial charge in [0.1, 0.15) is 17.4 Å². The third-order valence-electron chi connectivity index (χ3n) is 4.96. The van der Waals surface area contributed by atoms with Gasteiger partial charge in [0.25, 0.3) is 5.91 Å². The molecule has 0 atom stereocenters. The van der Waals surface area contributed by atoms with Crippen LogP contribution in [-0.4, -0.2) is 15.9 Å². The molecule has 0 saturated heterocycles. The summed E-state index contributed by atoms with van der Waals surface area (Å²) < 4.78 is 68.2. The Balaban J connectivity index is 2.13. The zero-order valence-electron chi connectivity index (χ0n) is 17.1. The Morgan fingerprint density at radius 2 is 1.62 bits per heavy atom. The van der Waals surface area contributed by atoms with Crippen molar-refractivity contribution >= 4 is 11.5 Å². The lowest BCUT2D eigenvalue weighted by atomic mass is 9.95. The predicted octanol–water partition coefficient (Wildman–Crippen LogP) is 6.76. The van der Waals surface area contributed by atoms with Crippen LogP contribution in [0.5, 0.6) is 0 Å². The van der Waals surface area contributed by atoms with Crippen molar-refractivity contribution in [3.05, 3.63) is 101 Å². The molecule has 3 nitrogen and oxygen atoms in total. The maximum absolute atomic E-state index is 14.5. The molecule has 0 aromatic heterocycles. The van der Waals surface area contributed by atoms with Gasteiger partial charge in [-0.25, -0.2) is 8.78 Å². The first kappa shape index (κ1) is 23.0. The van der Waals surface area contributed by atoms with Crippen molar-refractivity contribution < 1.29 is 31.9 Å². The van der Waals surface area contributed by atoms with E-state index in [1.54, 1.807) is 19.1 Å². The fourth-order valence-corrected chi connectivity index (χ4v) is 3.24. The van der Waals surface area contributed by atoms with Gasteiger partial charge in [-0.05, 0) is 61.4 Å². The summed E-state index contributed by atoms with van der Waals surface area (Å²) in [7, 11) is 0. The van der Waals surface area contributed by atoms with Crippen LogP contribution in [0.25, 0.3) is 16.7 Å². The van der Waals surface area contributed by atoms with E-state index >= 15 is 0 Å². The van der Waals surface area contributed by atoms with Gasteiger partial charge in [-0.3, -0.25) is 9.69 Å². The van der Waals surface area contributed by atoms with Crippen molar-refractivity contribution in [2.75, 3.05) is 0 Å². The SMILES string of the molecule is C=C1C(C)=CC=CN1C(=O)/C(=C(\C)O)c1ccc(F)c(-c2cc(C(F)(F)F)ccc2F)c1. The second kappa shape index (κ2) is 8.45. The van der Waals surface area contributed by atoms with Gasteiger partial charge >= 0.3 is 6.18 Å². The second-order valence-electron chi connectivity index (χ2n) is 7.16. The van der Waals surface area contributed by atoms with Crippen molar-refractivity contribution in [3.8, 4) is 11.1 Å². The van der Waals surface area contributed by atoms with Gasteiger partial charge < -0.3 is 5.11 Å². The molecular weight excluding hydrogens is 429 g/mol. The first-order valence-electron chi connectivity index (χ1n) is 9.36. The van der Waals surface area contributed by atoms with E-state index in [1.807, 2.05) is 0 Å². The Labute approximate surface area is 181 Å². The number of aliphatic hydroxyl groups excluding tert-OH is 1. The van der Waals surface area contributed by atoms with Gasteiger partial charge in [0.05, 0.1) is 11.1 Å². The molecule has 8 heteroatoms. The number of rotatable bonds is 3. The molecule has 3 rings (SSSR count). The fourth-order valence-electron chi connectivity index (χ4n) is 3.24. The fraction of sp³-hybridized carbons (Fsp3) is 0.125. The number of aliphatic hydroxyl groups is 1. The van der Waals surface area contributed by atoms with E-state index in [-0.39, 0.29) is 11.1 Å². The quantitative estimate of drug-likeness (QED) is 0.321. The van der Waals surface area contributed by atoms with E-state index in [0.717, 1.165) is 12.1 Å². The monoisotopic (exact) mass is 447 g/mol. The number of carbonyl (C=O) groups excluding carboxylic acids is 1. The minimum absolute atomic E-state index is 0.00313. The van der Waals surface area contributed by atoms with Crippen molar-refractivity contribution in [3.63, 3.8) is 0 Å². The van der Waals surface area contributed by atoms with Gasteiger partial charge in [0.15, 0.2) is 0 Å². The number of carbonyl (C=O) groups is 1. The highest BCUT2D eigenvalue weighted by atomic mass is 19.4. The number of halogens is 5. The van der Waals surface area contributed by atoms with E-state index in [1.165, 1.54) is 24.1 Å². The molecule has 166 valence electrons. The number of allylic oxidation sites excluding steroid dienone is 4. The zero-order valence-corrected chi connectivity index (χ0v) is 17.1. The third-order valence-corrected chi connectivity index (χ3v) is 4.96. The molecule has 2 aromatic rings. The molecule has 0 radical (unpaired) electrons. The van der Waals surface area contributed by atoms with Gasteiger partial charge in [-0.1, -0.05) is 18.7 Å². The van der Waals surface area contributed by atoms with E-state index in [4.69, 9.17) is 0 Å². The molecule has 2 aromatic carbocycles. The summed E-state index contributed by atoms with van der Waals surface area (Å²) in [5.74, 6) is -3.17. The lowest BCUT2D eigenvalue weighted by Gasteiger charge is -2.25. The highest BCUT2D eigenvalue weighted by molar-refractivity contribution is 6.21. The van der Waals surface area contributed by atoms with E-state index < -0.39 is 46.2 Å². The summed E-state index contributed by atoms with van der Waals surface area (Å²) in [5.41, 5.74) is -1.45. The van der Waals surface area contributed by atoms with Crippen LogP contribution in [0.4, 0.5) is 22.0 Å². The van der Waals surface area contributed by atoms with Crippen molar-refractivity contribution in [2.45, 2.75) is 20.0 Å². The lowest BCUT2D eigenvalue weighted by Crippen LogP contribution is -2.28. The summed E-state index contributed by atoms with van der Waals surface area (Å²) in [6, 6.07) is 4.75. The molecule has 0 aliphatic carbocycles. The van der Waals surface area contributed by atoms with Crippen LogP contribution >= 0.6 is 0 Å². The van der Waals surface area contributed by atoms with Crippen LogP contribution in [0.2, 0.25) is 0 Å². The van der Waals surface area contributed by atoms with Gasteiger partial charge in [0.2, 0.25) is 0 Å². The van der Waals surface area contributed by atoms with Crippen molar-refractivity contribution in [2.24, 2.45) is 0 Å². The summed E-state index contributed by atoms with van der Waals surface area (Å²) in [4.78, 5) is 14.3. The predicted molar refractivity (Wildman–Crippen MR) is 111 cm³/mol. The Morgan fingerprint density at radius 1 is 1.03 bits per heavy atom. The smallest absolute Gasteiger partial charge is 0.416 e. The van der Waals surface area contributed by atoms with Crippen LogP contribution in [-0.2, 0) is 11.0 Å². The number of hydrogen-bond acceptors (Lipinski definition) is 2. The molecule has 1 amide bonds. The highest BCUT2D eigenvalue weighted by Crippen LogP contribution is 2.36. The Morgan fingerprint density at radius 3 is 2.22 bits per heavy atom. The molecule has 1 N–H and O–H groups in total. The van der Waals surface area contributed by atoms with E-state index in [2.05, 4.69) is 6.58 Å². The molecular formula is C24H18F5NO2.